The van der Waals surface area contributed by atoms with Crippen molar-refractivity contribution in [2.45, 2.75) is 0 Å². The smallest absolute Gasteiger partial charge is 0.247 e. The van der Waals surface area contributed by atoms with Gasteiger partial charge in [0.2, 0.25) is 11.4 Å². The summed E-state index contributed by atoms with van der Waals surface area (Å²) in [6.07, 6.45) is 1.45. The van der Waals surface area contributed by atoms with Gasteiger partial charge in [0.1, 0.15) is 11.5 Å². The number of aromatic amines is 1. The number of nitrogens with zero attached hydrogens (tertiary/aromatic N) is 1. The van der Waals surface area contributed by atoms with E-state index in [0.717, 1.165) is 0 Å². The van der Waals surface area contributed by atoms with Crippen LogP contribution in [0.1, 0.15) is 0 Å². The van der Waals surface area contributed by atoms with Crippen molar-refractivity contribution >= 4 is 17.5 Å². The first-order chi connectivity index (χ1) is 10.1. The van der Waals surface area contributed by atoms with Crippen molar-refractivity contribution in [2.24, 2.45) is 0 Å². The van der Waals surface area contributed by atoms with E-state index in [1.54, 1.807) is 12.1 Å². The largest absolute Gasteiger partial charge is 0.367 e. The first-order valence-corrected chi connectivity index (χ1v) is 6.34. The highest BCUT2D eigenvalue weighted by Gasteiger charge is 2.21. The molecule has 0 amide bonds. The Morgan fingerprint density at radius 2 is 2.10 bits per heavy atom. The van der Waals surface area contributed by atoms with Crippen LogP contribution in [-0.4, -0.2) is 10.1 Å². The highest BCUT2D eigenvalue weighted by Crippen LogP contribution is 2.38. The van der Waals surface area contributed by atoms with Crippen LogP contribution in [0.25, 0.3) is 22.4 Å². The van der Waals surface area contributed by atoms with Gasteiger partial charge < -0.3 is 15.2 Å². The molecular formula is C14H9ClFN3O2. The molecule has 5 nitrogen and oxygen atoms in total. The molecule has 0 bridgehead atoms. The van der Waals surface area contributed by atoms with E-state index >= 15 is 0 Å². The summed E-state index contributed by atoms with van der Waals surface area (Å²) in [6, 6.07) is 7.44. The molecule has 21 heavy (non-hydrogen) atoms. The van der Waals surface area contributed by atoms with Crippen LogP contribution in [0.5, 0.6) is 0 Å². The third-order valence-electron chi connectivity index (χ3n) is 3.00. The number of benzene rings is 1. The molecule has 0 spiro atoms. The molecule has 0 aliphatic rings. The Morgan fingerprint density at radius 3 is 2.81 bits per heavy atom. The molecule has 7 heteroatoms. The molecule has 106 valence electrons. The van der Waals surface area contributed by atoms with Gasteiger partial charge in [-0.15, -0.1) is 0 Å². The number of nitrogens with one attached hydrogen (secondary N) is 1. The summed E-state index contributed by atoms with van der Waals surface area (Å²) < 4.78 is 19.1. The molecule has 0 atom stereocenters. The van der Waals surface area contributed by atoms with Crippen molar-refractivity contribution < 1.29 is 8.91 Å². The number of nitrogens with two attached hydrogens (primary N) is 1. The normalized spacial score (nSPS) is 10.8. The van der Waals surface area contributed by atoms with E-state index in [0.29, 0.717) is 16.8 Å². The number of aromatic nitrogens is 2. The summed E-state index contributed by atoms with van der Waals surface area (Å²) in [6.45, 7) is 0. The van der Waals surface area contributed by atoms with E-state index in [-0.39, 0.29) is 22.0 Å². The second-order valence-electron chi connectivity index (χ2n) is 4.31. The number of nitrogen functional groups attached to an aromatic ring is 1. The van der Waals surface area contributed by atoms with Crippen LogP contribution in [-0.2, 0) is 0 Å². The Hall–Kier alpha value is -2.60. The molecule has 0 aliphatic carbocycles. The van der Waals surface area contributed by atoms with Gasteiger partial charge >= 0.3 is 0 Å². The van der Waals surface area contributed by atoms with Gasteiger partial charge in [-0.25, -0.2) is 4.39 Å². The van der Waals surface area contributed by atoms with Gasteiger partial charge in [-0.3, -0.25) is 4.79 Å². The molecule has 0 saturated carbocycles. The SMILES string of the molecule is Nc1onc(-c2ccc(=O)[nH]c2)c1-c1cccc(Cl)c1F. The fraction of sp³-hybridized carbons (Fsp3) is 0. The summed E-state index contributed by atoms with van der Waals surface area (Å²) in [5, 5.41) is 3.80. The van der Waals surface area contributed by atoms with E-state index in [1.165, 1.54) is 24.4 Å². The average Bonchev–Trinajstić information content (AvgIpc) is 2.85. The summed E-state index contributed by atoms with van der Waals surface area (Å²) in [4.78, 5) is 13.6. The highest BCUT2D eigenvalue weighted by atomic mass is 35.5. The third kappa shape index (κ3) is 2.30. The first kappa shape index (κ1) is 13.4. The summed E-state index contributed by atoms with van der Waals surface area (Å²) in [5.41, 5.74) is 6.84. The fourth-order valence-electron chi connectivity index (χ4n) is 2.01. The zero-order valence-electron chi connectivity index (χ0n) is 10.6. The monoisotopic (exact) mass is 305 g/mol. The molecule has 0 fully saturated rings. The molecule has 0 unspecified atom stereocenters. The zero-order chi connectivity index (χ0) is 15.0. The Balaban J connectivity index is 2.24. The predicted octanol–water partition coefficient (Wildman–Crippen LogP) is 3.07. The highest BCUT2D eigenvalue weighted by molar-refractivity contribution is 6.31. The minimum Gasteiger partial charge on any atom is -0.367 e. The second kappa shape index (κ2) is 5.06. The van der Waals surface area contributed by atoms with E-state index in [2.05, 4.69) is 10.1 Å². The Kier molecular flexibility index (Phi) is 3.23. The molecule has 2 heterocycles. The maximum atomic E-state index is 14.2. The van der Waals surface area contributed by atoms with Gasteiger partial charge in [0.05, 0.1) is 10.6 Å². The molecular weight excluding hydrogens is 297 g/mol. The number of rotatable bonds is 2. The molecule has 0 saturated heterocycles. The fourth-order valence-corrected chi connectivity index (χ4v) is 2.19. The van der Waals surface area contributed by atoms with Crippen molar-refractivity contribution in [3.05, 3.63) is 57.7 Å². The summed E-state index contributed by atoms with van der Waals surface area (Å²) in [7, 11) is 0. The quantitative estimate of drug-likeness (QED) is 0.762. The van der Waals surface area contributed by atoms with Crippen molar-refractivity contribution in [2.75, 3.05) is 5.73 Å². The van der Waals surface area contributed by atoms with Crippen LogP contribution >= 0.6 is 11.6 Å². The lowest BCUT2D eigenvalue weighted by Gasteiger charge is -2.05. The molecule has 0 aliphatic heterocycles. The Labute approximate surface area is 123 Å². The summed E-state index contributed by atoms with van der Waals surface area (Å²) in [5.74, 6) is -0.642. The first-order valence-electron chi connectivity index (χ1n) is 5.96. The van der Waals surface area contributed by atoms with Crippen molar-refractivity contribution in [1.82, 2.24) is 10.1 Å². The van der Waals surface area contributed by atoms with E-state index in [4.69, 9.17) is 21.9 Å². The molecule has 0 radical (unpaired) electrons. The minimum absolute atomic E-state index is 0.0273. The maximum Gasteiger partial charge on any atom is 0.247 e. The number of hydrogen-bond acceptors (Lipinski definition) is 4. The predicted molar refractivity (Wildman–Crippen MR) is 77.4 cm³/mol. The molecule has 3 N–H and O–H groups in total. The molecule has 3 rings (SSSR count). The van der Waals surface area contributed by atoms with Crippen LogP contribution in [0.2, 0.25) is 5.02 Å². The lowest BCUT2D eigenvalue weighted by molar-refractivity contribution is 0.439. The lowest BCUT2D eigenvalue weighted by atomic mass is 10.0. The maximum absolute atomic E-state index is 14.2. The summed E-state index contributed by atoms with van der Waals surface area (Å²) >= 11 is 5.79. The lowest BCUT2D eigenvalue weighted by Crippen LogP contribution is -2.01. The van der Waals surface area contributed by atoms with Crippen LogP contribution in [0.15, 0.2) is 45.8 Å². The Morgan fingerprint density at radius 1 is 1.29 bits per heavy atom. The van der Waals surface area contributed by atoms with Crippen LogP contribution in [0.3, 0.4) is 0 Å². The van der Waals surface area contributed by atoms with Crippen LogP contribution in [0, 0.1) is 5.82 Å². The standard InChI is InChI=1S/C14H9ClFN3O2/c15-9-3-1-2-8(12(9)16)11-13(19-21-14(11)17)7-4-5-10(20)18-6-7/h1-6H,17H2,(H,18,20). The van der Waals surface area contributed by atoms with Crippen LogP contribution < -0.4 is 11.3 Å². The average molecular weight is 306 g/mol. The van der Waals surface area contributed by atoms with E-state index in [9.17, 15) is 9.18 Å². The van der Waals surface area contributed by atoms with Gasteiger partial charge in [0.15, 0.2) is 0 Å². The minimum atomic E-state index is -0.611. The van der Waals surface area contributed by atoms with E-state index < -0.39 is 5.82 Å². The van der Waals surface area contributed by atoms with Crippen molar-refractivity contribution in [1.29, 1.82) is 0 Å². The van der Waals surface area contributed by atoms with Gasteiger partial charge in [0, 0.05) is 23.4 Å². The number of pyridine rings is 1. The van der Waals surface area contributed by atoms with Crippen molar-refractivity contribution in [3.8, 4) is 22.4 Å². The van der Waals surface area contributed by atoms with Crippen LogP contribution in [0.4, 0.5) is 10.3 Å². The van der Waals surface area contributed by atoms with Gasteiger partial charge in [0.25, 0.3) is 0 Å². The number of halogens is 2. The van der Waals surface area contributed by atoms with Gasteiger partial charge in [-0.1, -0.05) is 28.9 Å². The number of hydrogen-bond donors (Lipinski definition) is 2. The van der Waals surface area contributed by atoms with Gasteiger partial charge in [-0.2, -0.15) is 0 Å². The van der Waals surface area contributed by atoms with Crippen molar-refractivity contribution in [3.63, 3.8) is 0 Å². The molecule has 1 aromatic carbocycles. The second-order valence-corrected chi connectivity index (χ2v) is 4.72. The zero-order valence-corrected chi connectivity index (χ0v) is 11.3. The topological polar surface area (TPSA) is 84.9 Å². The Bertz CT molecular complexity index is 852. The van der Waals surface area contributed by atoms with E-state index in [1.807, 2.05) is 0 Å². The van der Waals surface area contributed by atoms with Gasteiger partial charge in [-0.05, 0) is 12.1 Å². The third-order valence-corrected chi connectivity index (χ3v) is 3.29. The number of anilines is 1. The number of H-pyrrole nitrogens is 1. The molecule has 2 aromatic heterocycles. The molecule has 3 aromatic rings.